The molecule has 0 saturated heterocycles. The van der Waals surface area contributed by atoms with Gasteiger partial charge in [-0.05, 0) is 25.5 Å². The number of ether oxygens (including phenoxy) is 2. The number of nitro groups is 1. The van der Waals surface area contributed by atoms with E-state index in [0.29, 0.717) is 16.1 Å². The Kier molecular flexibility index (Phi) is 7.00. The monoisotopic (exact) mass is 455 g/mol. The highest BCUT2D eigenvalue weighted by atomic mass is 32.1. The lowest BCUT2D eigenvalue weighted by atomic mass is 10.1. The van der Waals surface area contributed by atoms with Crippen molar-refractivity contribution in [3.8, 4) is 11.5 Å². The van der Waals surface area contributed by atoms with E-state index in [9.17, 15) is 14.9 Å². The molecule has 11 heteroatoms. The Morgan fingerprint density at radius 2 is 2.12 bits per heavy atom. The number of thiazole rings is 1. The minimum absolute atomic E-state index is 0.0101. The fourth-order valence-electron chi connectivity index (χ4n) is 2.92. The molecule has 0 fully saturated rings. The minimum Gasteiger partial charge on any atom is -0.493 e. The van der Waals surface area contributed by atoms with E-state index in [0.717, 1.165) is 22.5 Å². The zero-order chi connectivity index (χ0) is 23.3. The number of aryl methyl sites for hydroxylation is 2. The average Bonchev–Trinajstić information content (AvgIpc) is 3.10. The van der Waals surface area contributed by atoms with Crippen LogP contribution in [0, 0.1) is 24.0 Å². The van der Waals surface area contributed by atoms with Crippen LogP contribution in [0.15, 0.2) is 41.5 Å². The molecular weight excluding hydrogens is 434 g/mol. The number of rotatable bonds is 8. The van der Waals surface area contributed by atoms with E-state index in [4.69, 9.17) is 15.2 Å². The van der Waals surface area contributed by atoms with Gasteiger partial charge in [-0.25, -0.2) is 10.4 Å². The fourth-order valence-corrected chi connectivity index (χ4v) is 3.64. The van der Waals surface area contributed by atoms with Gasteiger partial charge in [-0.15, -0.1) is 0 Å². The molecule has 2 aromatic carbocycles. The van der Waals surface area contributed by atoms with Gasteiger partial charge in [0.15, 0.2) is 10.9 Å². The number of nitro benzene ring substituents is 1. The topological polar surface area (TPSA) is 142 Å². The third-order valence-electron chi connectivity index (χ3n) is 4.34. The first-order valence-electron chi connectivity index (χ1n) is 9.39. The summed E-state index contributed by atoms with van der Waals surface area (Å²) in [4.78, 5) is 27.6. The molecular formula is C21H21N5O5S. The zero-order valence-corrected chi connectivity index (χ0v) is 18.4. The molecule has 0 aliphatic carbocycles. The van der Waals surface area contributed by atoms with Crippen LogP contribution < -0.4 is 20.6 Å². The third-order valence-corrected chi connectivity index (χ3v) is 5.32. The quantitative estimate of drug-likeness (QED) is 0.300. The number of hydrazone groups is 1. The van der Waals surface area contributed by atoms with E-state index in [1.807, 2.05) is 31.2 Å². The number of anilines is 1. The number of benzene rings is 2. The van der Waals surface area contributed by atoms with Gasteiger partial charge in [0.05, 0.1) is 23.9 Å². The number of nitrogens with one attached hydrogen (secondary N) is 1. The van der Waals surface area contributed by atoms with Crippen molar-refractivity contribution in [2.24, 2.45) is 5.10 Å². The van der Waals surface area contributed by atoms with Gasteiger partial charge in [-0.3, -0.25) is 14.9 Å². The maximum absolute atomic E-state index is 12.2. The van der Waals surface area contributed by atoms with Gasteiger partial charge in [0.1, 0.15) is 11.5 Å². The molecule has 1 heterocycles. The summed E-state index contributed by atoms with van der Waals surface area (Å²) in [6.45, 7) is 3.75. The number of amides is 1. The Morgan fingerprint density at radius 3 is 2.75 bits per heavy atom. The van der Waals surface area contributed by atoms with Crippen molar-refractivity contribution in [3.05, 3.63) is 73.8 Å². The van der Waals surface area contributed by atoms with Gasteiger partial charge >= 0.3 is 5.69 Å². The number of methoxy groups -OCH3 is 1. The summed E-state index contributed by atoms with van der Waals surface area (Å²) in [7, 11) is 1.39. The number of aromatic nitrogens is 1. The van der Waals surface area contributed by atoms with Crippen molar-refractivity contribution in [1.82, 2.24) is 10.4 Å². The van der Waals surface area contributed by atoms with E-state index in [2.05, 4.69) is 15.5 Å². The van der Waals surface area contributed by atoms with Crippen LogP contribution in [0.2, 0.25) is 0 Å². The van der Waals surface area contributed by atoms with Crippen molar-refractivity contribution in [2.45, 2.75) is 20.5 Å². The molecule has 0 spiro atoms. The summed E-state index contributed by atoms with van der Waals surface area (Å²) in [6, 6.07) is 10.5. The largest absolute Gasteiger partial charge is 0.493 e. The predicted molar refractivity (Wildman–Crippen MR) is 121 cm³/mol. The molecule has 10 nitrogen and oxygen atoms in total. The molecule has 3 N–H and O–H groups in total. The molecule has 3 rings (SSSR count). The van der Waals surface area contributed by atoms with Gasteiger partial charge in [-0.2, -0.15) is 5.10 Å². The zero-order valence-electron chi connectivity index (χ0n) is 17.6. The molecule has 0 radical (unpaired) electrons. The molecule has 1 amide bonds. The van der Waals surface area contributed by atoms with Crippen molar-refractivity contribution in [1.29, 1.82) is 0 Å². The summed E-state index contributed by atoms with van der Waals surface area (Å²) in [5, 5.41) is 15.8. The highest BCUT2D eigenvalue weighted by Crippen LogP contribution is 2.38. The average molecular weight is 455 g/mol. The molecule has 0 unspecified atom stereocenters. The van der Waals surface area contributed by atoms with E-state index in [1.165, 1.54) is 25.5 Å². The first-order valence-corrected chi connectivity index (χ1v) is 10.2. The smallest absolute Gasteiger partial charge is 0.315 e. The SMILES string of the molecule is COc1cc(/C=N\NC(=O)c2sc(N)nc2C)cc([N+](=O)[O-])c1OCc1cccc(C)c1. The Labute approximate surface area is 187 Å². The molecule has 0 bridgehead atoms. The lowest BCUT2D eigenvalue weighted by molar-refractivity contribution is -0.386. The second kappa shape index (κ2) is 9.88. The van der Waals surface area contributed by atoms with Crippen LogP contribution in [-0.4, -0.2) is 29.1 Å². The summed E-state index contributed by atoms with van der Waals surface area (Å²) in [6.07, 6.45) is 1.28. The number of hydrogen-bond acceptors (Lipinski definition) is 9. The fraction of sp³-hybridized carbons (Fsp3) is 0.190. The lowest BCUT2D eigenvalue weighted by Crippen LogP contribution is -2.17. The third kappa shape index (κ3) is 5.38. The first kappa shape index (κ1) is 22.7. The van der Waals surface area contributed by atoms with Crippen LogP contribution in [-0.2, 0) is 6.61 Å². The van der Waals surface area contributed by atoms with Crippen LogP contribution in [0.5, 0.6) is 11.5 Å². The van der Waals surface area contributed by atoms with Crippen LogP contribution in [0.1, 0.15) is 32.1 Å². The van der Waals surface area contributed by atoms with Crippen molar-refractivity contribution in [3.63, 3.8) is 0 Å². The molecule has 0 aliphatic rings. The van der Waals surface area contributed by atoms with Crippen LogP contribution in [0.25, 0.3) is 0 Å². The van der Waals surface area contributed by atoms with Gasteiger partial charge in [-0.1, -0.05) is 41.2 Å². The molecule has 0 aliphatic heterocycles. The molecule has 0 saturated carbocycles. The van der Waals surface area contributed by atoms with E-state index in [-0.39, 0.29) is 28.9 Å². The number of hydrogen-bond donors (Lipinski definition) is 2. The predicted octanol–water partition coefficient (Wildman–Crippen LogP) is 3.60. The lowest BCUT2D eigenvalue weighted by Gasteiger charge is -2.12. The second-order valence-corrected chi connectivity index (χ2v) is 7.80. The second-order valence-electron chi connectivity index (χ2n) is 6.77. The molecule has 0 atom stereocenters. The van der Waals surface area contributed by atoms with E-state index < -0.39 is 10.8 Å². The normalized spacial score (nSPS) is 10.8. The molecule has 32 heavy (non-hydrogen) atoms. The summed E-state index contributed by atoms with van der Waals surface area (Å²) in [5.74, 6) is -0.297. The number of nitrogens with two attached hydrogens (primary N) is 1. The first-order chi connectivity index (χ1) is 15.3. The molecule has 3 aromatic rings. The number of carbonyl (C=O) groups excluding carboxylic acids is 1. The van der Waals surface area contributed by atoms with Crippen LogP contribution in [0.4, 0.5) is 10.8 Å². The van der Waals surface area contributed by atoms with Crippen LogP contribution in [0.3, 0.4) is 0 Å². The highest BCUT2D eigenvalue weighted by molar-refractivity contribution is 7.17. The maximum atomic E-state index is 12.2. The maximum Gasteiger partial charge on any atom is 0.315 e. The number of carbonyl (C=O) groups is 1. The van der Waals surface area contributed by atoms with Gasteiger partial charge in [0, 0.05) is 11.6 Å². The van der Waals surface area contributed by atoms with Gasteiger partial charge in [0.2, 0.25) is 5.75 Å². The van der Waals surface area contributed by atoms with Crippen molar-refractivity contribution < 1.29 is 19.2 Å². The number of nitrogen functional groups attached to an aromatic ring is 1. The Balaban J connectivity index is 1.81. The highest BCUT2D eigenvalue weighted by Gasteiger charge is 2.22. The van der Waals surface area contributed by atoms with Gasteiger partial charge in [0.25, 0.3) is 5.91 Å². The Morgan fingerprint density at radius 1 is 1.34 bits per heavy atom. The standard InChI is InChI=1S/C21H21N5O5S/c1-12-5-4-6-14(7-12)11-31-18-16(26(28)29)8-15(9-17(18)30-3)10-23-25-20(27)19-13(2)24-21(22)32-19/h4-10H,11H2,1-3H3,(H2,22,24)(H,25,27)/b23-10-. The summed E-state index contributed by atoms with van der Waals surface area (Å²) < 4.78 is 11.0. The number of nitrogens with zero attached hydrogens (tertiary/aromatic N) is 3. The van der Waals surface area contributed by atoms with Crippen molar-refractivity contribution >= 4 is 34.3 Å². The molecule has 166 valence electrons. The summed E-state index contributed by atoms with van der Waals surface area (Å²) in [5.41, 5.74) is 10.4. The van der Waals surface area contributed by atoms with Gasteiger partial charge < -0.3 is 15.2 Å². The van der Waals surface area contributed by atoms with Crippen molar-refractivity contribution in [2.75, 3.05) is 12.8 Å². The summed E-state index contributed by atoms with van der Waals surface area (Å²) >= 11 is 1.04. The van der Waals surface area contributed by atoms with E-state index in [1.54, 1.807) is 6.92 Å². The Bertz CT molecular complexity index is 1190. The molecule has 1 aromatic heterocycles. The minimum atomic E-state index is -0.562. The van der Waals surface area contributed by atoms with E-state index >= 15 is 0 Å². The Hall–Kier alpha value is -3.99. The van der Waals surface area contributed by atoms with Crippen LogP contribution >= 0.6 is 11.3 Å².